The molecular formula is C24H25N3O3. The van der Waals surface area contributed by atoms with E-state index in [2.05, 4.69) is 16.0 Å². The molecule has 6 heteroatoms. The molecule has 0 radical (unpaired) electrons. The monoisotopic (exact) mass is 403 g/mol. The molecule has 0 fully saturated rings. The third-order valence-electron chi connectivity index (χ3n) is 4.64. The van der Waals surface area contributed by atoms with Gasteiger partial charge in [-0.1, -0.05) is 60.7 Å². The van der Waals surface area contributed by atoms with Crippen LogP contribution in [-0.2, 0) is 4.79 Å². The summed E-state index contributed by atoms with van der Waals surface area (Å²) < 4.78 is 5.10. The third kappa shape index (κ3) is 5.61. The van der Waals surface area contributed by atoms with E-state index in [9.17, 15) is 9.59 Å². The Morgan fingerprint density at radius 3 is 1.80 bits per heavy atom. The summed E-state index contributed by atoms with van der Waals surface area (Å²) >= 11 is 0. The lowest BCUT2D eigenvalue weighted by Crippen LogP contribution is -2.47. The van der Waals surface area contributed by atoms with Crippen LogP contribution in [0.1, 0.15) is 24.1 Å². The minimum absolute atomic E-state index is 0.280. The molecule has 0 aromatic heterocycles. The molecule has 3 aromatic rings. The van der Waals surface area contributed by atoms with E-state index >= 15 is 0 Å². The molecule has 3 rings (SSSR count). The maximum absolute atomic E-state index is 12.8. The molecule has 0 aliphatic heterocycles. The van der Waals surface area contributed by atoms with E-state index in [0.717, 1.165) is 11.1 Å². The van der Waals surface area contributed by atoms with Gasteiger partial charge >= 0.3 is 6.03 Å². The van der Waals surface area contributed by atoms with Crippen molar-refractivity contribution in [3.8, 4) is 5.75 Å². The van der Waals surface area contributed by atoms with E-state index in [1.807, 2.05) is 60.7 Å². The van der Waals surface area contributed by atoms with E-state index < -0.39 is 12.1 Å². The van der Waals surface area contributed by atoms with Crippen molar-refractivity contribution in [2.75, 3.05) is 12.4 Å². The second-order valence-corrected chi connectivity index (χ2v) is 6.81. The number of amides is 3. The van der Waals surface area contributed by atoms with Gasteiger partial charge in [-0.05, 0) is 42.3 Å². The number of urea groups is 1. The Morgan fingerprint density at radius 1 is 0.767 bits per heavy atom. The van der Waals surface area contributed by atoms with Gasteiger partial charge in [-0.15, -0.1) is 0 Å². The molecule has 0 saturated heterocycles. The Bertz CT molecular complexity index is 921. The second-order valence-electron chi connectivity index (χ2n) is 6.81. The SMILES string of the molecule is COc1ccc(NC(=O)NC(C)C(=O)NC(c2ccccc2)c2ccccc2)cc1. The lowest BCUT2D eigenvalue weighted by molar-refractivity contribution is -0.123. The van der Waals surface area contributed by atoms with Gasteiger partial charge in [-0.3, -0.25) is 4.79 Å². The van der Waals surface area contributed by atoms with Crippen LogP contribution in [0, 0.1) is 0 Å². The fourth-order valence-electron chi connectivity index (χ4n) is 3.02. The summed E-state index contributed by atoms with van der Waals surface area (Å²) in [6.07, 6.45) is 0. The molecule has 0 aliphatic carbocycles. The second kappa shape index (κ2) is 10.1. The summed E-state index contributed by atoms with van der Waals surface area (Å²) in [6.45, 7) is 1.65. The van der Waals surface area contributed by atoms with Gasteiger partial charge < -0.3 is 20.7 Å². The molecule has 3 amide bonds. The molecule has 0 aliphatic rings. The molecule has 0 bridgehead atoms. The maximum Gasteiger partial charge on any atom is 0.319 e. The van der Waals surface area contributed by atoms with E-state index in [1.165, 1.54) is 0 Å². The van der Waals surface area contributed by atoms with Crippen molar-refractivity contribution in [2.24, 2.45) is 0 Å². The number of benzene rings is 3. The number of hydrogen-bond acceptors (Lipinski definition) is 3. The van der Waals surface area contributed by atoms with Gasteiger partial charge in [0, 0.05) is 5.69 Å². The van der Waals surface area contributed by atoms with E-state index in [0.29, 0.717) is 11.4 Å². The van der Waals surface area contributed by atoms with Crippen molar-refractivity contribution in [3.05, 3.63) is 96.1 Å². The number of ether oxygens (including phenoxy) is 1. The van der Waals surface area contributed by atoms with Crippen molar-refractivity contribution in [2.45, 2.75) is 19.0 Å². The van der Waals surface area contributed by atoms with Gasteiger partial charge in [0.1, 0.15) is 11.8 Å². The normalized spacial score (nSPS) is 11.4. The van der Waals surface area contributed by atoms with Crippen LogP contribution in [-0.4, -0.2) is 25.1 Å². The molecule has 30 heavy (non-hydrogen) atoms. The predicted molar refractivity (Wildman–Crippen MR) is 117 cm³/mol. The van der Waals surface area contributed by atoms with Gasteiger partial charge in [0.2, 0.25) is 5.91 Å². The fraction of sp³-hybridized carbons (Fsp3) is 0.167. The number of rotatable bonds is 7. The van der Waals surface area contributed by atoms with Crippen molar-refractivity contribution in [3.63, 3.8) is 0 Å². The van der Waals surface area contributed by atoms with Crippen LogP contribution in [0.5, 0.6) is 5.75 Å². The first-order chi connectivity index (χ1) is 14.6. The molecule has 3 aromatic carbocycles. The smallest absolute Gasteiger partial charge is 0.319 e. The molecule has 0 saturated carbocycles. The Labute approximate surface area is 176 Å². The quantitative estimate of drug-likeness (QED) is 0.555. The first-order valence-corrected chi connectivity index (χ1v) is 9.68. The van der Waals surface area contributed by atoms with Crippen molar-refractivity contribution < 1.29 is 14.3 Å². The first kappa shape index (κ1) is 20.9. The molecular weight excluding hydrogens is 378 g/mol. The summed E-state index contributed by atoms with van der Waals surface area (Å²) in [5.41, 5.74) is 2.53. The molecule has 1 atom stereocenters. The third-order valence-corrected chi connectivity index (χ3v) is 4.64. The van der Waals surface area contributed by atoms with Gasteiger partial charge in [0.15, 0.2) is 0 Å². The van der Waals surface area contributed by atoms with Crippen LogP contribution in [0.15, 0.2) is 84.9 Å². The van der Waals surface area contributed by atoms with Crippen LogP contribution in [0.25, 0.3) is 0 Å². The minimum Gasteiger partial charge on any atom is -0.497 e. The number of methoxy groups -OCH3 is 1. The minimum atomic E-state index is -0.724. The summed E-state index contributed by atoms with van der Waals surface area (Å²) in [4.78, 5) is 25.1. The van der Waals surface area contributed by atoms with E-state index in [-0.39, 0.29) is 11.9 Å². The average Bonchev–Trinajstić information content (AvgIpc) is 2.79. The molecule has 6 nitrogen and oxygen atoms in total. The number of anilines is 1. The standard InChI is InChI=1S/C24H25N3O3/c1-17(25-24(29)26-20-13-15-21(30-2)16-14-20)23(28)27-22(18-9-5-3-6-10-18)19-11-7-4-8-12-19/h3-17,22H,1-2H3,(H,27,28)(H2,25,26,29). The highest BCUT2D eigenvalue weighted by Crippen LogP contribution is 2.22. The summed E-state index contributed by atoms with van der Waals surface area (Å²) in [5, 5.41) is 8.42. The Hall–Kier alpha value is -3.80. The highest BCUT2D eigenvalue weighted by atomic mass is 16.5. The Balaban J connectivity index is 1.64. The fourth-order valence-corrected chi connectivity index (χ4v) is 3.02. The van der Waals surface area contributed by atoms with Crippen LogP contribution in [0.4, 0.5) is 10.5 Å². The van der Waals surface area contributed by atoms with Crippen LogP contribution < -0.4 is 20.7 Å². The summed E-state index contributed by atoms with van der Waals surface area (Å²) in [6, 6.07) is 24.9. The Morgan fingerprint density at radius 2 is 1.30 bits per heavy atom. The lowest BCUT2D eigenvalue weighted by atomic mass is 9.98. The zero-order chi connectivity index (χ0) is 21.3. The van der Waals surface area contributed by atoms with Gasteiger partial charge in [-0.25, -0.2) is 4.79 Å². The topological polar surface area (TPSA) is 79.5 Å². The molecule has 1 unspecified atom stereocenters. The zero-order valence-corrected chi connectivity index (χ0v) is 17.0. The van der Waals surface area contributed by atoms with E-state index in [4.69, 9.17) is 4.74 Å². The summed E-state index contributed by atoms with van der Waals surface area (Å²) in [7, 11) is 1.58. The first-order valence-electron chi connectivity index (χ1n) is 9.68. The largest absolute Gasteiger partial charge is 0.497 e. The predicted octanol–water partition coefficient (Wildman–Crippen LogP) is 4.11. The van der Waals surface area contributed by atoms with Crippen molar-refractivity contribution >= 4 is 17.6 Å². The van der Waals surface area contributed by atoms with Crippen molar-refractivity contribution in [1.29, 1.82) is 0 Å². The molecule has 0 heterocycles. The zero-order valence-electron chi connectivity index (χ0n) is 17.0. The number of hydrogen-bond donors (Lipinski definition) is 3. The van der Waals surface area contributed by atoms with Gasteiger partial charge in [0.25, 0.3) is 0 Å². The average molecular weight is 403 g/mol. The van der Waals surface area contributed by atoms with Crippen LogP contribution in [0.3, 0.4) is 0 Å². The van der Waals surface area contributed by atoms with Gasteiger partial charge in [-0.2, -0.15) is 0 Å². The highest BCUT2D eigenvalue weighted by molar-refractivity contribution is 5.93. The van der Waals surface area contributed by atoms with E-state index in [1.54, 1.807) is 38.3 Å². The highest BCUT2D eigenvalue weighted by Gasteiger charge is 2.21. The van der Waals surface area contributed by atoms with Crippen molar-refractivity contribution in [1.82, 2.24) is 10.6 Å². The number of nitrogens with one attached hydrogen (secondary N) is 3. The maximum atomic E-state index is 12.8. The number of carbonyl (C=O) groups is 2. The molecule has 3 N–H and O–H groups in total. The molecule has 154 valence electrons. The lowest BCUT2D eigenvalue weighted by Gasteiger charge is -2.22. The Kier molecular flexibility index (Phi) is 7.05. The van der Waals surface area contributed by atoms with Gasteiger partial charge in [0.05, 0.1) is 13.2 Å². The van der Waals surface area contributed by atoms with Crippen LogP contribution >= 0.6 is 0 Å². The summed E-state index contributed by atoms with van der Waals surface area (Å²) in [5.74, 6) is 0.416. The number of carbonyl (C=O) groups excluding carboxylic acids is 2. The van der Waals surface area contributed by atoms with Crippen LogP contribution in [0.2, 0.25) is 0 Å². The molecule has 0 spiro atoms.